The molecule has 1 unspecified atom stereocenters. The predicted molar refractivity (Wildman–Crippen MR) is 109 cm³/mol. The third kappa shape index (κ3) is 3.27. The molecule has 0 spiro atoms. The lowest BCUT2D eigenvalue weighted by Gasteiger charge is -2.33. The van der Waals surface area contributed by atoms with Gasteiger partial charge in [-0.05, 0) is 60.1 Å². The summed E-state index contributed by atoms with van der Waals surface area (Å²) >= 11 is 0. The van der Waals surface area contributed by atoms with Crippen LogP contribution >= 0.6 is 0 Å². The van der Waals surface area contributed by atoms with Crippen LogP contribution in [0.15, 0.2) is 41.3 Å². The summed E-state index contributed by atoms with van der Waals surface area (Å²) in [6.45, 7) is 0.609. The van der Waals surface area contributed by atoms with Gasteiger partial charge in [-0.2, -0.15) is 0 Å². The minimum atomic E-state index is -3.75. The number of aliphatic hydroxyl groups is 1. The first-order valence-corrected chi connectivity index (χ1v) is 11.6. The largest absolute Gasteiger partial charge is 0.388 e. The van der Waals surface area contributed by atoms with Crippen LogP contribution in [0.25, 0.3) is 0 Å². The van der Waals surface area contributed by atoms with Gasteiger partial charge in [0.2, 0.25) is 15.9 Å². The van der Waals surface area contributed by atoms with E-state index >= 15 is 0 Å². The number of nitrogens with zero attached hydrogens (tertiary/aromatic N) is 1. The molecular weight excluding hydrogens is 388 g/mol. The molecule has 7 heteroatoms. The van der Waals surface area contributed by atoms with E-state index in [1.54, 1.807) is 17.0 Å². The molecule has 6 nitrogen and oxygen atoms in total. The second kappa shape index (κ2) is 6.65. The van der Waals surface area contributed by atoms with Crippen molar-refractivity contribution in [3.05, 3.63) is 58.7 Å². The van der Waals surface area contributed by atoms with Gasteiger partial charge in [0.1, 0.15) is 0 Å². The number of nitrogens with one attached hydrogen (secondary N) is 1. The number of fused-ring (bicyclic) bond motifs is 1. The summed E-state index contributed by atoms with van der Waals surface area (Å²) in [5.41, 5.74) is 3.95. The van der Waals surface area contributed by atoms with Crippen LogP contribution in [-0.4, -0.2) is 38.1 Å². The van der Waals surface area contributed by atoms with Crippen molar-refractivity contribution in [2.45, 2.75) is 49.0 Å². The van der Waals surface area contributed by atoms with Gasteiger partial charge in [-0.3, -0.25) is 4.79 Å². The van der Waals surface area contributed by atoms with Gasteiger partial charge < -0.3 is 10.0 Å². The summed E-state index contributed by atoms with van der Waals surface area (Å²) in [5.74, 6) is 0.116. The molecule has 1 amide bonds. The van der Waals surface area contributed by atoms with Crippen molar-refractivity contribution in [1.29, 1.82) is 0 Å². The summed E-state index contributed by atoms with van der Waals surface area (Å²) in [6.07, 6.45) is 3.38. The molecule has 2 N–H and O–H groups in total. The van der Waals surface area contributed by atoms with Gasteiger partial charge in [-0.15, -0.1) is 0 Å². The molecule has 0 radical (unpaired) electrons. The first kappa shape index (κ1) is 18.8. The van der Waals surface area contributed by atoms with Crippen LogP contribution in [0.2, 0.25) is 0 Å². The maximum atomic E-state index is 13.0. The quantitative estimate of drug-likeness (QED) is 0.801. The molecular formula is C22H24N2O4S. The van der Waals surface area contributed by atoms with Crippen LogP contribution in [0.3, 0.4) is 0 Å². The molecule has 5 rings (SSSR count). The van der Waals surface area contributed by atoms with Crippen molar-refractivity contribution in [2.75, 3.05) is 18.0 Å². The fraction of sp³-hybridized carbons (Fsp3) is 0.409. The Morgan fingerprint density at radius 2 is 1.72 bits per heavy atom. The Labute approximate surface area is 170 Å². The zero-order valence-electron chi connectivity index (χ0n) is 16.1. The van der Waals surface area contributed by atoms with Crippen molar-refractivity contribution in [1.82, 2.24) is 4.72 Å². The first-order valence-electron chi connectivity index (χ1n) is 10.1. The maximum Gasteiger partial charge on any atom is 0.240 e. The fourth-order valence-electron chi connectivity index (χ4n) is 4.83. The van der Waals surface area contributed by atoms with E-state index in [1.165, 1.54) is 5.56 Å². The molecule has 152 valence electrons. The molecule has 2 aliphatic heterocycles. The Hall–Kier alpha value is -2.22. The molecule has 0 fully saturated rings. The van der Waals surface area contributed by atoms with Crippen LogP contribution in [0.1, 0.15) is 35.1 Å². The van der Waals surface area contributed by atoms with E-state index in [1.807, 2.05) is 18.2 Å². The lowest BCUT2D eigenvalue weighted by Crippen LogP contribution is -2.46. The Kier molecular flexibility index (Phi) is 4.31. The summed E-state index contributed by atoms with van der Waals surface area (Å²) in [7, 11) is -3.75. The van der Waals surface area contributed by atoms with Crippen molar-refractivity contribution < 1.29 is 18.3 Å². The van der Waals surface area contributed by atoms with Crippen molar-refractivity contribution in [2.24, 2.45) is 0 Å². The number of hydrogen-bond acceptors (Lipinski definition) is 4. The van der Waals surface area contributed by atoms with E-state index in [9.17, 15) is 18.3 Å². The summed E-state index contributed by atoms with van der Waals surface area (Å²) in [6, 6.07) is 11.3. The van der Waals surface area contributed by atoms with Crippen LogP contribution < -0.4 is 9.62 Å². The number of amides is 1. The van der Waals surface area contributed by atoms with Crippen molar-refractivity contribution >= 4 is 21.6 Å². The van der Waals surface area contributed by atoms with E-state index in [4.69, 9.17) is 0 Å². The predicted octanol–water partition coefficient (Wildman–Crippen LogP) is 1.72. The SMILES string of the molecule is O=C1CCc2cc(S(=O)(=O)NCC3(O)CCc4ccccc4C3)cc3c2N1CC3. The molecule has 2 aromatic carbocycles. The first-order chi connectivity index (χ1) is 13.8. The van der Waals surface area contributed by atoms with Crippen LogP contribution in [-0.2, 0) is 40.5 Å². The zero-order valence-corrected chi connectivity index (χ0v) is 17.0. The van der Waals surface area contributed by atoms with Crippen LogP contribution in [0, 0.1) is 0 Å². The normalized spacial score (nSPS) is 23.1. The number of rotatable bonds is 4. The van der Waals surface area contributed by atoms with Gasteiger partial charge in [0.25, 0.3) is 0 Å². The lowest BCUT2D eigenvalue weighted by molar-refractivity contribution is -0.118. The number of anilines is 1. The molecule has 2 aromatic rings. The third-order valence-corrected chi connectivity index (χ3v) is 7.81. The second-order valence-electron chi connectivity index (χ2n) is 8.38. The number of carbonyl (C=O) groups is 1. The van der Waals surface area contributed by atoms with Gasteiger partial charge in [-0.25, -0.2) is 13.1 Å². The molecule has 1 atom stereocenters. The van der Waals surface area contributed by atoms with E-state index in [-0.39, 0.29) is 17.3 Å². The van der Waals surface area contributed by atoms with Gasteiger partial charge in [0.05, 0.1) is 16.2 Å². The number of hydrogen-bond donors (Lipinski definition) is 2. The van der Waals surface area contributed by atoms with E-state index in [2.05, 4.69) is 10.8 Å². The average Bonchev–Trinajstić information content (AvgIpc) is 3.15. The topological polar surface area (TPSA) is 86.7 Å². The average molecular weight is 413 g/mol. The summed E-state index contributed by atoms with van der Waals surface area (Å²) in [5, 5.41) is 11.0. The van der Waals surface area contributed by atoms with Crippen molar-refractivity contribution in [3.8, 4) is 0 Å². The highest BCUT2D eigenvalue weighted by atomic mass is 32.2. The zero-order chi connectivity index (χ0) is 20.2. The molecule has 0 saturated carbocycles. The maximum absolute atomic E-state index is 13.0. The second-order valence-corrected chi connectivity index (χ2v) is 10.1. The highest BCUT2D eigenvalue weighted by Crippen LogP contribution is 2.38. The Morgan fingerprint density at radius 1 is 1.00 bits per heavy atom. The molecule has 2 heterocycles. The van der Waals surface area contributed by atoms with E-state index in [0.717, 1.165) is 28.8 Å². The van der Waals surface area contributed by atoms with Crippen LogP contribution in [0.5, 0.6) is 0 Å². The van der Waals surface area contributed by atoms with Gasteiger partial charge in [-0.1, -0.05) is 24.3 Å². The number of carbonyl (C=O) groups excluding carboxylic acids is 1. The number of sulfonamides is 1. The molecule has 0 saturated heterocycles. The Bertz CT molecular complexity index is 1110. The molecule has 0 aromatic heterocycles. The Morgan fingerprint density at radius 3 is 2.52 bits per heavy atom. The lowest BCUT2D eigenvalue weighted by atomic mass is 9.80. The van der Waals surface area contributed by atoms with Gasteiger partial charge >= 0.3 is 0 Å². The van der Waals surface area contributed by atoms with Gasteiger partial charge in [0, 0.05) is 25.9 Å². The van der Waals surface area contributed by atoms with Gasteiger partial charge in [0.15, 0.2) is 0 Å². The number of aryl methyl sites for hydroxylation is 2. The fourth-order valence-corrected chi connectivity index (χ4v) is 6.05. The molecule has 29 heavy (non-hydrogen) atoms. The van der Waals surface area contributed by atoms with E-state index in [0.29, 0.717) is 38.6 Å². The summed E-state index contributed by atoms with van der Waals surface area (Å²) < 4.78 is 28.6. The molecule has 3 aliphatic rings. The minimum Gasteiger partial charge on any atom is -0.388 e. The smallest absolute Gasteiger partial charge is 0.240 e. The highest BCUT2D eigenvalue weighted by molar-refractivity contribution is 7.89. The standard InChI is InChI=1S/C22H24N2O4S/c25-20-6-5-16-11-19(12-17-8-10-24(20)21(16)17)29(27,28)23-14-22(26)9-7-15-3-1-2-4-18(15)13-22/h1-4,11-12,23,26H,5-10,13-14H2. The number of benzene rings is 2. The van der Waals surface area contributed by atoms with Crippen LogP contribution in [0.4, 0.5) is 5.69 Å². The molecule has 0 bridgehead atoms. The highest BCUT2D eigenvalue weighted by Gasteiger charge is 2.35. The van der Waals surface area contributed by atoms with Crippen molar-refractivity contribution in [3.63, 3.8) is 0 Å². The monoisotopic (exact) mass is 412 g/mol. The Balaban J connectivity index is 1.37. The van der Waals surface area contributed by atoms with E-state index < -0.39 is 15.6 Å². The minimum absolute atomic E-state index is 0.0132. The molecule has 1 aliphatic carbocycles. The third-order valence-electron chi connectivity index (χ3n) is 6.42. The summed E-state index contributed by atoms with van der Waals surface area (Å²) in [4.78, 5) is 14.1.